The molecule has 6 nitrogen and oxygen atoms in total. The number of carbonyl (C=O) groups is 1. The molecule has 0 aromatic rings. The first-order valence-corrected chi connectivity index (χ1v) is 5.68. The van der Waals surface area contributed by atoms with Gasteiger partial charge in [-0.3, -0.25) is 4.79 Å². The normalized spacial score (nSPS) is 14.3. The maximum atomic E-state index is 11.2. The van der Waals surface area contributed by atoms with Gasteiger partial charge in [0.05, 0.1) is 0 Å². The van der Waals surface area contributed by atoms with Crippen LogP contribution in [0.5, 0.6) is 0 Å². The summed E-state index contributed by atoms with van der Waals surface area (Å²) in [7, 11) is -0.130. The summed E-state index contributed by atoms with van der Waals surface area (Å²) in [6, 6.07) is 0. The van der Waals surface area contributed by atoms with E-state index >= 15 is 0 Å². The molecular formula is C7H16N2O4S. The van der Waals surface area contributed by atoms with Crippen LogP contribution in [0.4, 0.5) is 0 Å². The molecule has 2 N–H and O–H groups in total. The predicted molar refractivity (Wildman–Crippen MR) is 52.6 cm³/mol. The van der Waals surface area contributed by atoms with Crippen molar-refractivity contribution in [1.82, 2.24) is 9.62 Å². The van der Waals surface area contributed by atoms with E-state index in [9.17, 15) is 13.2 Å². The number of sulfonamides is 1. The SMILES string of the molecule is CC(C(=O)O)S(=O)(=O)NCCN(C)C. The Labute approximate surface area is 84.0 Å². The molecule has 0 rings (SSSR count). The number of nitrogens with one attached hydrogen (secondary N) is 1. The lowest BCUT2D eigenvalue weighted by Gasteiger charge is -2.12. The Morgan fingerprint density at radius 1 is 1.50 bits per heavy atom. The maximum Gasteiger partial charge on any atom is 0.323 e. The van der Waals surface area contributed by atoms with Crippen molar-refractivity contribution in [2.75, 3.05) is 27.2 Å². The zero-order chi connectivity index (χ0) is 11.4. The van der Waals surface area contributed by atoms with Crippen LogP contribution in [0, 0.1) is 0 Å². The summed E-state index contributed by atoms with van der Waals surface area (Å²) in [6.45, 7) is 1.89. The van der Waals surface area contributed by atoms with Gasteiger partial charge in [-0.15, -0.1) is 0 Å². The van der Waals surface area contributed by atoms with E-state index in [1.54, 1.807) is 19.0 Å². The first-order valence-electron chi connectivity index (χ1n) is 4.13. The molecule has 0 aromatic heterocycles. The third-order valence-corrected chi connectivity index (χ3v) is 3.41. The zero-order valence-electron chi connectivity index (χ0n) is 8.52. The van der Waals surface area contributed by atoms with Gasteiger partial charge < -0.3 is 10.0 Å². The third kappa shape index (κ3) is 4.54. The number of rotatable bonds is 6. The second-order valence-corrected chi connectivity index (χ2v) is 5.31. The smallest absolute Gasteiger partial charge is 0.323 e. The molecular weight excluding hydrogens is 208 g/mol. The van der Waals surface area contributed by atoms with Crippen LogP contribution in [-0.4, -0.2) is 56.8 Å². The molecule has 0 amide bonds. The molecule has 0 spiro atoms. The van der Waals surface area contributed by atoms with Crippen molar-refractivity contribution in [3.8, 4) is 0 Å². The van der Waals surface area contributed by atoms with E-state index in [0.717, 1.165) is 6.92 Å². The number of aliphatic carboxylic acids is 1. The fourth-order valence-electron chi connectivity index (χ4n) is 0.669. The average Bonchev–Trinajstić information content (AvgIpc) is 2.01. The second-order valence-electron chi connectivity index (χ2n) is 3.22. The Balaban J connectivity index is 4.16. The minimum atomic E-state index is -3.73. The van der Waals surface area contributed by atoms with Gasteiger partial charge in [0.25, 0.3) is 0 Å². The Morgan fingerprint density at radius 3 is 2.36 bits per heavy atom. The first kappa shape index (κ1) is 13.3. The largest absolute Gasteiger partial charge is 0.480 e. The first-order chi connectivity index (χ1) is 6.27. The molecule has 0 aliphatic rings. The van der Waals surface area contributed by atoms with Crippen LogP contribution in [-0.2, 0) is 14.8 Å². The Morgan fingerprint density at radius 2 is 2.00 bits per heavy atom. The number of hydrogen-bond acceptors (Lipinski definition) is 4. The summed E-state index contributed by atoms with van der Waals surface area (Å²) in [4.78, 5) is 12.2. The van der Waals surface area contributed by atoms with Gasteiger partial charge in [-0.2, -0.15) is 0 Å². The molecule has 1 unspecified atom stereocenters. The molecule has 0 fully saturated rings. The van der Waals surface area contributed by atoms with E-state index in [-0.39, 0.29) is 6.54 Å². The molecule has 7 heteroatoms. The van der Waals surface area contributed by atoms with E-state index in [4.69, 9.17) is 5.11 Å². The molecule has 0 saturated heterocycles. The van der Waals surface area contributed by atoms with Crippen molar-refractivity contribution >= 4 is 16.0 Å². The maximum absolute atomic E-state index is 11.2. The molecule has 14 heavy (non-hydrogen) atoms. The lowest BCUT2D eigenvalue weighted by molar-refractivity contribution is -0.136. The van der Waals surface area contributed by atoms with Crippen molar-refractivity contribution in [1.29, 1.82) is 0 Å². The van der Waals surface area contributed by atoms with Crippen LogP contribution in [0.3, 0.4) is 0 Å². The highest BCUT2D eigenvalue weighted by molar-refractivity contribution is 7.90. The van der Waals surface area contributed by atoms with Gasteiger partial charge in [-0.25, -0.2) is 13.1 Å². The Hall–Kier alpha value is -0.660. The fourth-order valence-corrected chi connectivity index (χ4v) is 1.56. The van der Waals surface area contributed by atoms with Gasteiger partial charge in [0.1, 0.15) is 0 Å². The molecule has 0 radical (unpaired) electrons. The molecule has 0 bridgehead atoms. The van der Waals surface area contributed by atoms with Crippen LogP contribution in [0.25, 0.3) is 0 Å². The van der Waals surface area contributed by atoms with E-state index in [2.05, 4.69) is 4.72 Å². The van der Waals surface area contributed by atoms with Crippen molar-refractivity contribution < 1.29 is 18.3 Å². The monoisotopic (exact) mass is 224 g/mol. The average molecular weight is 224 g/mol. The molecule has 0 aromatic carbocycles. The minimum Gasteiger partial charge on any atom is -0.480 e. The molecule has 0 aliphatic heterocycles. The summed E-state index contributed by atoms with van der Waals surface area (Å²) >= 11 is 0. The number of carboxylic acid groups (broad SMARTS) is 1. The van der Waals surface area contributed by atoms with E-state index in [1.165, 1.54) is 0 Å². The van der Waals surface area contributed by atoms with Crippen LogP contribution in [0.15, 0.2) is 0 Å². The van der Waals surface area contributed by atoms with Crippen molar-refractivity contribution in [2.24, 2.45) is 0 Å². The molecule has 0 aliphatic carbocycles. The van der Waals surface area contributed by atoms with Gasteiger partial charge in [0.2, 0.25) is 10.0 Å². The fraction of sp³-hybridized carbons (Fsp3) is 0.857. The Kier molecular flexibility index (Phi) is 5.03. The molecule has 84 valence electrons. The Bertz CT molecular complexity index is 286. The quantitative estimate of drug-likeness (QED) is 0.600. The van der Waals surface area contributed by atoms with E-state index in [1.807, 2.05) is 0 Å². The predicted octanol–water partition coefficient (Wildman–Crippen LogP) is -1.06. The van der Waals surface area contributed by atoms with Crippen molar-refractivity contribution in [3.63, 3.8) is 0 Å². The van der Waals surface area contributed by atoms with Gasteiger partial charge in [-0.1, -0.05) is 0 Å². The van der Waals surface area contributed by atoms with Gasteiger partial charge in [-0.05, 0) is 21.0 Å². The highest BCUT2D eigenvalue weighted by Gasteiger charge is 2.26. The van der Waals surface area contributed by atoms with Gasteiger partial charge in [0.15, 0.2) is 5.25 Å². The third-order valence-electron chi connectivity index (χ3n) is 1.68. The summed E-state index contributed by atoms with van der Waals surface area (Å²) in [5.74, 6) is -1.35. The van der Waals surface area contributed by atoms with Crippen LogP contribution < -0.4 is 4.72 Å². The number of nitrogens with zero attached hydrogens (tertiary/aromatic N) is 1. The standard InChI is InChI=1S/C7H16N2O4S/c1-6(7(10)11)14(12,13)8-4-5-9(2)3/h6,8H,4-5H2,1-3H3,(H,10,11). The van der Waals surface area contributed by atoms with Gasteiger partial charge >= 0.3 is 5.97 Å². The van der Waals surface area contributed by atoms with Crippen molar-refractivity contribution in [2.45, 2.75) is 12.2 Å². The van der Waals surface area contributed by atoms with E-state index < -0.39 is 21.2 Å². The molecule has 0 saturated carbocycles. The van der Waals surface area contributed by atoms with Crippen LogP contribution in [0.2, 0.25) is 0 Å². The lowest BCUT2D eigenvalue weighted by Crippen LogP contribution is -2.40. The van der Waals surface area contributed by atoms with Gasteiger partial charge in [0, 0.05) is 13.1 Å². The molecule has 1 atom stereocenters. The zero-order valence-corrected chi connectivity index (χ0v) is 9.34. The summed E-state index contributed by atoms with van der Waals surface area (Å²) in [5, 5.41) is 7.08. The lowest BCUT2D eigenvalue weighted by atomic mass is 10.5. The van der Waals surface area contributed by atoms with Crippen LogP contribution >= 0.6 is 0 Å². The van der Waals surface area contributed by atoms with Crippen molar-refractivity contribution in [3.05, 3.63) is 0 Å². The molecule has 0 heterocycles. The second kappa shape index (κ2) is 5.28. The highest BCUT2D eigenvalue weighted by atomic mass is 32.2. The van der Waals surface area contributed by atoms with E-state index in [0.29, 0.717) is 6.54 Å². The van der Waals surface area contributed by atoms with Crippen LogP contribution in [0.1, 0.15) is 6.92 Å². The topological polar surface area (TPSA) is 86.7 Å². The highest BCUT2D eigenvalue weighted by Crippen LogP contribution is 1.97. The minimum absolute atomic E-state index is 0.215. The summed E-state index contributed by atoms with van der Waals surface area (Å²) in [6.07, 6.45) is 0. The summed E-state index contributed by atoms with van der Waals surface area (Å²) in [5.41, 5.74) is 0. The summed E-state index contributed by atoms with van der Waals surface area (Å²) < 4.78 is 24.7. The number of likely N-dealkylation sites (N-methyl/N-ethyl adjacent to an activating group) is 1. The number of carboxylic acids is 1. The number of hydrogen-bond donors (Lipinski definition) is 2.